The van der Waals surface area contributed by atoms with Crippen LogP contribution >= 0.6 is 0 Å². The van der Waals surface area contributed by atoms with Crippen molar-refractivity contribution in [3.05, 3.63) is 59.3 Å². The van der Waals surface area contributed by atoms with E-state index in [2.05, 4.69) is 68.2 Å². The van der Waals surface area contributed by atoms with E-state index >= 15 is 0 Å². The lowest BCUT2D eigenvalue weighted by Crippen LogP contribution is -2.33. The van der Waals surface area contributed by atoms with Crippen LogP contribution in [0.5, 0.6) is 0 Å². The van der Waals surface area contributed by atoms with Crippen molar-refractivity contribution in [1.29, 1.82) is 0 Å². The summed E-state index contributed by atoms with van der Waals surface area (Å²) in [4.78, 5) is 2.52. The molecule has 0 radical (unpaired) electrons. The monoisotopic (exact) mass is 317 g/mol. The van der Waals surface area contributed by atoms with Crippen LogP contribution in [0.1, 0.15) is 16.8 Å². The van der Waals surface area contributed by atoms with Crippen molar-refractivity contribution in [2.45, 2.75) is 26.6 Å². The van der Waals surface area contributed by atoms with Gasteiger partial charge in [0.15, 0.2) is 0 Å². The number of nitrogens with one attached hydrogen (secondary N) is 1. The number of fused-ring (bicyclic) bond motifs is 4. The Hall–Kier alpha value is -2.66. The molecule has 2 aromatic carbocycles. The predicted octanol–water partition coefficient (Wildman–Crippen LogP) is 3.24. The van der Waals surface area contributed by atoms with E-state index in [1.807, 2.05) is 6.07 Å². The molecule has 5 nitrogen and oxygen atoms in total. The number of aromatic nitrogens is 4. The number of H-pyrrole nitrogens is 1. The van der Waals surface area contributed by atoms with Crippen molar-refractivity contribution < 1.29 is 0 Å². The molecule has 1 N–H and O–H groups in total. The Morgan fingerprint density at radius 3 is 2.88 bits per heavy atom. The topological polar surface area (TPSA) is 49.7 Å². The summed E-state index contributed by atoms with van der Waals surface area (Å²) in [5.74, 6) is 0. The van der Waals surface area contributed by atoms with Gasteiger partial charge >= 0.3 is 0 Å². The van der Waals surface area contributed by atoms with Crippen LogP contribution in [0.2, 0.25) is 0 Å². The molecule has 0 unspecified atom stereocenters. The van der Waals surface area contributed by atoms with E-state index in [0.717, 1.165) is 37.2 Å². The fraction of sp³-hybridized carbons (Fsp3) is 0.263. The summed E-state index contributed by atoms with van der Waals surface area (Å²) in [5, 5.41) is 12.4. The van der Waals surface area contributed by atoms with Crippen molar-refractivity contribution in [3.63, 3.8) is 0 Å². The van der Waals surface area contributed by atoms with Gasteiger partial charge in [-0.15, -0.1) is 0 Å². The van der Waals surface area contributed by atoms with Crippen LogP contribution in [0.4, 0.5) is 0 Å². The Balaban J connectivity index is 1.46. The summed E-state index contributed by atoms with van der Waals surface area (Å²) in [6.07, 6.45) is 0. The minimum absolute atomic E-state index is 0.924. The van der Waals surface area contributed by atoms with Gasteiger partial charge in [-0.05, 0) is 36.2 Å². The van der Waals surface area contributed by atoms with Crippen LogP contribution in [0.3, 0.4) is 0 Å². The van der Waals surface area contributed by atoms with Gasteiger partial charge in [-0.3, -0.25) is 4.90 Å². The first kappa shape index (κ1) is 13.7. The van der Waals surface area contributed by atoms with Gasteiger partial charge in [0, 0.05) is 42.8 Å². The highest BCUT2D eigenvalue weighted by molar-refractivity contribution is 5.85. The molecule has 0 spiro atoms. The van der Waals surface area contributed by atoms with Crippen LogP contribution in [-0.2, 0) is 19.6 Å². The molecule has 5 heteroatoms. The molecule has 0 saturated heterocycles. The van der Waals surface area contributed by atoms with Crippen LogP contribution in [0.15, 0.2) is 42.5 Å². The normalized spacial score (nSPS) is 15.2. The van der Waals surface area contributed by atoms with E-state index < -0.39 is 0 Å². The molecule has 1 aliphatic rings. The van der Waals surface area contributed by atoms with Gasteiger partial charge < -0.3 is 4.57 Å². The van der Waals surface area contributed by atoms with E-state index in [0.29, 0.717) is 0 Å². The molecule has 0 amide bonds. The van der Waals surface area contributed by atoms with E-state index in [4.69, 9.17) is 0 Å². The third-order valence-corrected chi connectivity index (χ3v) is 5.16. The van der Waals surface area contributed by atoms with Crippen LogP contribution in [0.25, 0.3) is 21.9 Å². The number of aryl methyl sites for hydroxylation is 1. The lowest BCUT2D eigenvalue weighted by molar-refractivity contribution is 0.214. The van der Waals surface area contributed by atoms with Crippen LogP contribution in [-0.4, -0.2) is 31.4 Å². The average molecular weight is 317 g/mol. The Morgan fingerprint density at radius 1 is 1.04 bits per heavy atom. The Labute approximate surface area is 139 Å². The summed E-state index contributed by atoms with van der Waals surface area (Å²) >= 11 is 0. The smallest absolute Gasteiger partial charge is 0.113 e. The molecular weight excluding hydrogens is 298 g/mol. The fourth-order valence-corrected chi connectivity index (χ4v) is 3.90. The third kappa shape index (κ3) is 2.05. The summed E-state index contributed by atoms with van der Waals surface area (Å²) in [7, 11) is 0. The maximum Gasteiger partial charge on any atom is 0.113 e. The summed E-state index contributed by atoms with van der Waals surface area (Å²) in [5.41, 5.74) is 7.39. The number of nitrogens with zero attached hydrogens (tertiary/aromatic N) is 4. The first-order chi connectivity index (χ1) is 11.8. The van der Waals surface area contributed by atoms with Gasteiger partial charge in [-0.1, -0.05) is 24.3 Å². The van der Waals surface area contributed by atoms with Crippen LogP contribution < -0.4 is 0 Å². The first-order valence-electron chi connectivity index (χ1n) is 8.38. The van der Waals surface area contributed by atoms with Crippen molar-refractivity contribution in [1.82, 2.24) is 24.9 Å². The molecule has 0 saturated carbocycles. The predicted molar refractivity (Wildman–Crippen MR) is 94.7 cm³/mol. The van der Waals surface area contributed by atoms with Gasteiger partial charge in [-0.2, -0.15) is 15.4 Å². The number of rotatable bonds is 2. The van der Waals surface area contributed by atoms with Gasteiger partial charge in [-0.25, -0.2) is 0 Å². The lowest BCUT2D eigenvalue weighted by atomic mass is 10.1. The standard InChI is InChI=1S/C19H19N5/c1-13-15-4-2-3-5-18(15)24-9-8-23(12-19(13)24)11-14-6-7-16-17(10-14)21-22-20-16/h2-7,10H,8-9,11-12H2,1H3,(H,20,21,22). The number of hydrogen-bond acceptors (Lipinski definition) is 3. The zero-order valence-corrected chi connectivity index (χ0v) is 13.7. The van der Waals surface area contributed by atoms with E-state index in [1.165, 1.54) is 27.7 Å². The zero-order chi connectivity index (χ0) is 16.1. The Morgan fingerprint density at radius 2 is 1.92 bits per heavy atom. The molecule has 4 aromatic rings. The highest BCUT2D eigenvalue weighted by atomic mass is 15.3. The molecule has 3 heterocycles. The lowest BCUT2D eigenvalue weighted by Gasteiger charge is -2.29. The average Bonchev–Trinajstić information content (AvgIpc) is 3.19. The van der Waals surface area contributed by atoms with Gasteiger partial charge in [0.2, 0.25) is 0 Å². The van der Waals surface area contributed by atoms with E-state index in [1.54, 1.807) is 0 Å². The van der Waals surface area contributed by atoms with Crippen molar-refractivity contribution in [2.75, 3.05) is 6.54 Å². The number of para-hydroxylation sites is 1. The fourth-order valence-electron chi connectivity index (χ4n) is 3.90. The second-order valence-electron chi connectivity index (χ2n) is 6.60. The first-order valence-corrected chi connectivity index (χ1v) is 8.38. The van der Waals surface area contributed by atoms with E-state index in [-0.39, 0.29) is 0 Å². The number of benzene rings is 2. The summed E-state index contributed by atoms with van der Waals surface area (Å²) < 4.78 is 2.49. The largest absolute Gasteiger partial charge is 0.342 e. The molecular formula is C19H19N5. The maximum absolute atomic E-state index is 4.19. The summed E-state index contributed by atoms with van der Waals surface area (Å²) in [6.45, 7) is 6.32. The molecule has 0 bridgehead atoms. The molecule has 0 fully saturated rings. The van der Waals surface area contributed by atoms with Crippen molar-refractivity contribution >= 4 is 21.9 Å². The molecule has 120 valence electrons. The van der Waals surface area contributed by atoms with Gasteiger partial charge in [0.05, 0.1) is 0 Å². The molecule has 5 rings (SSSR count). The van der Waals surface area contributed by atoms with Crippen LogP contribution in [0, 0.1) is 6.92 Å². The molecule has 24 heavy (non-hydrogen) atoms. The van der Waals surface area contributed by atoms with E-state index in [9.17, 15) is 0 Å². The van der Waals surface area contributed by atoms with Crippen molar-refractivity contribution in [3.8, 4) is 0 Å². The summed E-state index contributed by atoms with van der Waals surface area (Å²) in [6, 6.07) is 15.1. The third-order valence-electron chi connectivity index (χ3n) is 5.16. The molecule has 2 aromatic heterocycles. The number of hydrogen-bond donors (Lipinski definition) is 1. The SMILES string of the molecule is Cc1c2n(c3ccccc13)CCN(Cc1ccc3n[nH]nc3c1)C2. The highest BCUT2D eigenvalue weighted by Crippen LogP contribution is 2.29. The minimum Gasteiger partial charge on any atom is -0.342 e. The molecule has 0 aliphatic carbocycles. The minimum atomic E-state index is 0.924. The quantitative estimate of drug-likeness (QED) is 0.617. The van der Waals surface area contributed by atoms with Gasteiger partial charge in [0.25, 0.3) is 0 Å². The number of aromatic amines is 1. The zero-order valence-electron chi connectivity index (χ0n) is 13.7. The second kappa shape index (κ2) is 5.18. The molecule has 0 atom stereocenters. The maximum atomic E-state index is 4.19. The Bertz CT molecular complexity index is 1040. The molecule has 1 aliphatic heterocycles. The van der Waals surface area contributed by atoms with Crippen molar-refractivity contribution in [2.24, 2.45) is 0 Å². The van der Waals surface area contributed by atoms with Gasteiger partial charge in [0.1, 0.15) is 11.0 Å². The highest BCUT2D eigenvalue weighted by Gasteiger charge is 2.21. The second-order valence-corrected chi connectivity index (χ2v) is 6.60. The Kier molecular flexibility index (Phi) is 2.97.